The van der Waals surface area contributed by atoms with E-state index in [0.29, 0.717) is 19.0 Å². The van der Waals surface area contributed by atoms with Crippen LogP contribution in [0.5, 0.6) is 11.5 Å². The first-order valence-corrected chi connectivity index (χ1v) is 13.8. The number of benzene rings is 2. The fraction of sp³-hybridized carbons (Fsp3) is 0.467. The van der Waals surface area contributed by atoms with E-state index in [-0.39, 0.29) is 12.0 Å². The zero-order valence-corrected chi connectivity index (χ0v) is 24.9. The van der Waals surface area contributed by atoms with E-state index in [1.165, 1.54) is 5.56 Å². The molecule has 0 atom stereocenters. The van der Waals surface area contributed by atoms with Crippen molar-refractivity contribution in [3.8, 4) is 11.5 Å². The number of methoxy groups -OCH3 is 2. The van der Waals surface area contributed by atoms with Gasteiger partial charge in [-0.1, -0.05) is 35.8 Å². The molecule has 38 heavy (non-hydrogen) atoms. The number of hydrogen-bond donors (Lipinski definition) is 0. The highest BCUT2D eigenvalue weighted by Crippen LogP contribution is 2.42. The second-order valence-electron chi connectivity index (χ2n) is 11.0. The van der Waals surface area contributed by atoms with Crippen molar-refractivity contribution in [3.05, 3.63) is 57.6 Å². The SMILES string of the molecule is COc1ccc(C(C)C)cc1C1=C(c2cc(Br)ccc2OC)N=C(C2CCN(C(=O)OC(C)(C)C)CC2)[N]1. The van der Waals surface area contributed by atoms with Gasteiger partial charge in [0.2, 0.25) is 0 Å². The number of halogens is 1. The van der Waals surface area contributed by atoms with E-state index in [1.54, 1.807) is 19.1 Å². The number of aliphatic imine (C=N–C) groups is 1. The molecule has 2 heterocycles. The maximum Gasteiger partial charge on any atom is 0.410 e. The summed E-state index contributed by atoms with van der Waals surface area (Å²) in [6.07, 6.45) is 1.26. The summed E-state index contributed by atoms with van der Waals surface area (Å²) >= 11 is 3.61. The summed E-state index contributed by atoms with van der Waals surface area (Å²) in [5.41, 5.74) is 3.97. The second-order valence-corrected chi connectivity index (χ2v) is 11.9. The third-order valence-electron chi connectivity index (χ3n) is 6.75. The lowest BCUT2D eigenvalue weighted by molar-refractivity contribution is 0.0201. The van der Waals surface area contributed by atoms with Crippen molar-refractivity contribution < 1.29 is 19.0 Å². The third kappa shape index (κ3) is 6.17. The highest BCUT2D eigenvalue weighted by Gasteiger charge is 2.34. The zero-order chi connectivity index (χ0) is 27.6. The smallest absolute Gasteiger partial charge is 0.410 e. The van der Waals surface area contributed by atoms with Gasteiger partial charge in [0, 0.05) is 34.6 Å². The van der Waals surface area contributed by atoms with Crippen molar-refractivity contribution in [1.82, 2.24) is 10.2 Å². The maximum absolute atomic E-state index is 12.6. The number of carbonyl (C=O) groups is 1. The number of nitrogens with zero attached hydrogens (tertiary/aromatic N) is 3. The van der Waals surface area contributed by atoms with E-state index in [2.05, 4.69) is 41.9 Å². The zero-order valence-electron chi connectivity index (χ0n) is 23.3. The molecule has 1 fully saturated rings. The molecule has 2 aromatic rings. The first-order valence-electron chi connectivity index (χ1n) is 13.1. The third-order valence-corrected chi connectivity index (χ3v) is 7.24. The van der Waals surface area contributed by atoms with Crippen molar-refractivity contribution in [2.75, 3.05) is 27.3 Å². The molecule has 0 spiro atoms. The van der Waals surface area contributed by atoms with Crippen LogP contribution in [0.1, 0.15) is 70.1 Å². The molecule has 2 aliphatic heterocycles. The summed E-state index contributed by atoms with van der Waals surface area (Å²) in [6, 6.07) is 12.1. The number of piperidine rings is 1. The Morgan fingerprint density at radius 2 is 1.58 bits per heavy atom. The number of ether oxygens (including phenoxy) is 3. The van der Waals surface area contributed by atoms with Crippen molar-refractivity contribution in [1.29, 1.82) is 0 Å². The van der Waals surface area contributed by atoms with Gasteiger partial charge in [0.15, 0.2) is 0 Å². The van der Waals surface area contributed by atoms with Gasteiger partial charge < -0.3 is 19.1 Å². The van der Waals surface area contributed by atoms with Crippen LogP contribution in [0, 0.1) is 5.92 Å². The molecular weight excluding hydrogens is 546 g/mol. The second kappa shape index (κ2) is 11.4. The summed E-state index contributed by atoms with van der Waals surface area (Å²) in [5, 5.41) is 5.13. The molecular formula is C30H37BrN3O4. The van der Waals surface area contributed by atoms with Crippen molar-refractivity contribution in [3.63, 3.8) is 0 Å². The minimum atomic E-state index is -0.515. The molecule has 203 valence electrons. The van der Waals surface area contributed by atoms with Crippen molar-refractivity contribution >= 4 is 39.3 Å². The van der Waals surface area contributed by atoms with Gasteiger partial charge >= 0.3 is 6.09 Å². The number of amides is 1. The minimum Gasteiger partial charge on any atom is -0.496 e. The predicted octanol–water partition coefficient (Wildman–Crippen LogP) is 7.08. The molecule has 0 bridgehead atoms. The number of rotatable bonds is 6. The molecule has 2 aliphatic rings. The largest absolute Gasteiger partial charge is 0.496 e. The molecule has 0 aliphatic carbocycles. The van der Waals surface area contributed by atoms with E-state index in [0.717, 1.165) is 57.2 Å². The van der Waals surface area contributed by atoms with Gasteiger partial charge in [0.25, 0.3) is 0 Å². The van der Waals surface area contributed by atoms with E-state index in [4.69, 9.17) is 24.5 Å². The highest BCUT2D eigenvalue weighted by molar-refractivity contribution is 9.10. The first kappa shape index (κ1) is 28.0. The lowest BCUT2D eigenvalue weighted by Crippen LogP contribution is -2.43. The Hall–Kier alpha value is -3.00. The molecule has 4 rings (SSSR count). The number of amidine groups is 1. The van der Waals surface area contributed by atoms with Crippen LogP contribution in [0.25, 0.3) is 11.4 Å². The number of hydrogen-bond acceptors (Lipinski definition) is 5. The monoisotopic (exact) mass is 582 g/mol. The predicted molar refractivity (Wildman–Crippen MR) is 155 cm³/mol. The molecule has 8 heteroatoms. The molecule has 1 saturated heterocycles. The Kier molecular flexibility index (Phi) is 8.40. The summed E-state index contributed by atoms with van der Waals surface area (Å²) in [4.78, 5) is 19.5. The minimum absolute atomic E-state index is 0.124. The Morgan fingerprint density at radius 3 is 2.16 bits per heavy atom. The topological polar surface area (TPSA) is 74.5 Å². The molecule has 1 radical (unpaired) electrons. The van der Waals surface area contributed by atoms with Crippen LogP contribution in [-0.4, -0.2) is 49.7 Å². The lowest BCUT2D eigenvalue weighted by atomic mass is 9.95. The van der Waals surface area contributed by atoms with Gasteiger partial charge in [0.05, 0.1) is 14.2 Å². The fourth-order valence-corrected chi connectivity index (χ4v) is 5.06. The fourth-order valence-electron chi connectivity index (χ4n) is 4.70. The van der Waals surface area contributed by atoms with Gasteiger partial charge in [-0.25, -0.2) is 15.1 Å². The van der Waals surface area contributed by atoms with E-state index in [1.807, 2.05) is 45.0 Å². The van der Waals surface area contributed by atoms with Gasteiger partial charge in [0.1, 0.15) is 34.3 Å². The van der Waals surface area contributed by atoms with Crippen LogP contribution in [0.4, 0.5) is 4.79 Å². The van der Waals surface area contributed by atoms with Gasteiger partial charge in [-0.3, -0.25) is 0 Å². The molecule has 0 saturated carbocycles. The van der Waals surface area contributed by atoms with Crippen LogP contribution in [0.2, 0.25) is 0 Å². The highest BCUT2D eigenvalue weighted by atomic mass is 79.9. The van der Waals surface area contributed by atoms with Gasteiger partial charge in [-0.05, 0) is 75.4 Å². The Bertz CT molecular complexity index is 1250. The molecule has 2 aromatic carbocycles. The van der Waals surface area contributed by atoms with Crippen LogP contribution in [0.3, 0.4) is 0 Å². The molecule has 0 unspecified atom stereocenters. The van der Waals surface area contributed by atoms with Crippen LogP contribution in [0.15, 0.2) is 45.9 Å². The summed E-state index contributed by atoms with van der Waals surface area (Å²) in [5.74, 6) is 2.72. The number of likely N-dealkylation sites (tertiary alicyclic amines) is 1. The average Bonchev–Trinajstić information content (AvgIpc) is 3.32. The molecule has 7 nitrogen and oxygen atoms in total. The van der Waals surface area contributed by atoms with Crippen LogP contribution in [-0.2, 0) is 4.74 Å². The van der Waals surface area contributed by atoms with Crippen LogP contribution >= 0.6 is 15.9 Å². The van der Waals surface area contributed by atoms with Crippen molar-refractivity contribution in [2.45, 2.75) is 59.0 Å². The van der Waals surface area contributed by atoms with Gasteiger partial charge in [-0.2, -0.15) is 0 Å². The molecule has 1 amide bonds. The standard InChI is InChI=1S/C30H37BrN3O4/c1-18(2)20-8-10-24(36-6)22(16-20)26-27(23-17-21(31)9-11-25(23)37-7)33-28(32-26)19-12-14-34(15-13-19)29(35)38-30(3,4)5/h8-11,16-19H,12-15H2,1-7H3. The summed E-state index contributed by atoms with van der Waals surface area (Å²) < 4.78 is 18.0. The molecule has 0 N–H and O–H groups in total. The summed E-state index contributed by atoms with van der Waals surface area (Å²) in [7, 11) is 3.34. The Morgan fingerprint density at radius 1 is 0.974 bits per heavy atom. The van der Waals surface area contributed by atoms with Gasteiger partial charge in [-0.15, -0.1) is 0 Å². The Labute approximate surface area is 234 Å². The van der Waals surface area contributed by atoms with Crippen molar-refractivity contribution in [2.24, 2.45) is 10.9 Å². The normalized spacial score (nSPS) is 16.4. The van der Waals surface area contributed by atoms with E-state index in [9.17, 15) is 4.79 Å². The number of carbonyl (C=O) groups excluding carboxylic acids is 1. The molecule has 0 aromatic heterocycles. The van der Waals surface area contributed by atoms with E-state index >= 15 is 0 Å². The summed E-state index contributed by atoms with van der Waals surface area (Å²) in [6.45, 7) is 11.2. The quantitative estimate of drug-likeness (QED) is 0.364. The Balaban J connectivity index is 1.69. The van der Waals surface area contributed by atoms with Crippen LogP contribution < -0.4 is 14.8 Å². The average molecular weight is 584 g/mol. The van der Waals surface area contributed by atoms with E-state index < -0.39 is 5.60 Å². The maximum atomic E-state index is 12.6. The lowest BCUT2D eigenvalue weighted by Gasteiger charge is -2.33. The first-order chi connectivity index (χ1) is 18.0.